The molecule has 0 spiro atoms. The Balaban J connectivity index is 1.86. The summed E-state index contributed by atoms with van der Waals surface area (Å²) in [7, 11) is 0. The highest BCUT2D eigenvalue weighted by Gasteiger charge is 2.08. The first-order valence-corrected chi connectivity index (χ1v) is 6.43. The first-order valence-electron chi connectivity index (χ1n) is 6.43. The molecular weight excluding hydrogens is 270 g/mol. The Kier molecular flexibility index (Phi) is 4.50. The van der Waals surface area contributed by atoms with E-state index in [-0.39, 0.29) is 11.6 Å². The lowest BCUT2D eigenvalue weighted by molar-refractivity contribution is -0.384. The van der Waals surface area contributed by atoms with Crippen LogP contribution in [0.5, 0.6) is 0 Å². The van der Waals surface area contributed by atoms with Crippen LogP contribution in [0.1, 0.15) is 15.9 Å². The third-order valence-electron chi connectivity index (χ3n) is 3.02. The van der Waals surface area contributed by atoms with Crippen molar-refractivity contribution in [3.05, 3.63) is 69.8 Å². The Morgan fingerprint density at radius 1 is 1.10 bits per heavy atom. The summed E-state index contributed by atoms with van der Waals surface area (Å²) in [4.78, 5) is 21.9. The van der Waals surface area contributed by atoms with Crippen LogP contribution in [0, 0.1) is 10.1 Å². The molecule has 6 heteroatoms. The minimum absolute atomic E-state index is 0.0339. The SMILES string of the molecule is Nc1ccc(CCNC(=O)c2ccc([N+](=O)[O-])cc2)cc1. The normalized spacial score (nSPS) is 10.1. The molecule has 0 aliphatic heterocycles. The van der Waals surface area contributed by atoms with Gasteiger partial charge in [0.2, 0.25) is 0 Å². The van der Waals surface area contributed by atoms with E-state index >= 15 is 0 Å². The van der Waals surface area contributed by atoms with Crippen LogP contribution in [0.15, 0.2) is 48.5 Å². The van der Waals surface area contributed by atoms with Gasteiger partial charge in [-0.1, -0.05) is 12.1 Å². The molecule has 0 aliphatic rings. The van der Waals surface area contributed by atoms with Crippen LogP contribution in [0.25, 0.3) is 0 Å². The van der Waals surface area contributed by atoms with E-state index in [0.29, 0.717) is 24.2 Å². The number of nitrogens with one attached hydrogen (secondary N) is 1. The van der Waals surface area contributed by atoms with Crippen LogP contribution in [-0.4, -0.2) is 17.4 Å². The van der Waals surface area contributed by atoms with Crippen molar-refractivity contribution in [3.8, 4) is 0 Å². The third kappa shape index (κ3) is 4.04. The molecule has 2 aromatic rings. The zero-order valence-corrected chi connectivity index (χ0v) is 11.3. The quantitative estimate of drug-likeness (QED) is 0.499. The number of hydrogen-bond acceptors (Lipinski definition) is 4. The van der Waals surface area contributed by atoms with Crippen molar-refractivity contribution in [1.29, 1.82) is 0 Å². The average molecular weight is 285 g/mol. The molecule has 3 N–H and O–H groups in total. The molecule has 0 aromatic heterocycles. The number of amides is 1. The zero-order chi connectivity index (χ0) is 15.2. The largest absolute Gasteiger partial charge is 0.399 e. The van der Waals surface area contributed by atoms with Crippen molar-refractivity contribution in [2.24, 2.45) is 0 Å². The Morgan fingerprint density at radius 3 is 2.29 bits per heavy atom. The van der Waals surface area contributed by atoms with Gasteiger partial charge in [0.1, 0.15) is 0 Å². The lowest BCUT2D eigenvalue weighted by Crippen LogP contribution is -2.25. The molecule has 0 aliphatic carbocycles. The van der Waals surface area contributed by atoms with Crippen molar-refractivity contribution < 1.29 is 9.72 Å². The number of nitrogens with two attached hydrogens (primary N) is 1. The number of nitrogen functional groups attached to an aromatic ring is 1. The summed E-state index contributed by atoms with van der Waals surface area (Å²) in [6, 6.07) is 13.0. The van der Waals surface area contributed by atoms with Gasteiger partial charge in [-0.3, -0.25) is 14.9 Å². The second-order valence-electron chi connectivity index (χ2n) is 4.55. The number of nitro groups is 1. The molecule has 0 saturated carbocycles. The topological polar surface area (TPSA) is 98.3 Å². The van der Waals surface area contributed by atoms with Crippen molar-refractivity contribution in [1.82, 2.24) is 5.32 Å². The van der Waals surface area contributed by atoms with E-state index in [1.807, 2.05) is 24.3 Å². The highest BCUT2D eigenvalue weighted by atomic mass is 16.6. The molecule has 6 nitrogen and oxygen atoms in total. The average Bonchev–Trinajstić information content (AvgIpc) is 2.49. The molecule has 0 heterocycles. The van der Waals surface area contributed by atoms with E-state index in [9.17, 15) is 14.9 Å². The van der Waals surface area contributed by atoms with Gasteiger partial charge in [-0.25, -0.2) is 0 Å². The Labute approximate surface area is 121 Å². The van der Waals surface area contributed by atoms with Crippen LogP contribution in [0.4, 0.5) is 11.4 Å². The number of carbonyl (C=O) groups excluding carboxylic acids is 1. The number of rotatable bonds is 5. The molecule has 0 atom stereocenters. The molecule has 2 aromatic carbocycles. The molecule has 0 unspecified atom stereocenters. The second kappa shape index (κ2) is 6.51. The lowest BCUT2D eigenvalue weighted by Gasteiger charge is -2.05. The van der Waals surface area contributed by atoms with Crippen LogP contribution in [0.3, 0.4) is 0 Å². The number of nitro benzene ring substituents is 1. The summed E-state index contributed by atoms with van der Waals surface area (Å²) in [5.41, 5.74) is 7.74. The maximum atomic E-state index is 11.9. The smallest absolute Gasteiger partial charge is 0.269 e. The van der Waals surface area contributed by atoms with Crippen molar-refractivity contribution in [2.45, 2.75) is 6.42 Å². The van der Waals surface area contributed by atoms with Crippen molar-refractivity contribution >= 4 is 17.3 Å². The molecule has 1 amide bonds. The minimum Gasteiger partial charge on any atom is -0.399 e. The molecule has 0 fully saturated rings. The van der Waals surface area contributed by atoms with Gasteiger partial charge in [0.15, 0.2) is 0 Å². The molecule has 2 rings (SSSR count). The fourth-order valence-corrected chi connectivity index (χ4v) is 1.84. The Bertz CT molecular complexity index is 636. The summed E-state index contributed by atoms with van der Waals surface area (Å²) in [5.74, 6) is -0.250. The Hall–Kier alpha value is -2.89. The standard InChI is InChI=1S/C15H15N3O3/c16-13-5-1-11(2-6-13)9-10-17-15(19)12-3-7-14(8-4-12)18(20)21/h1-8H,9-10,16H2,(H,17,19). The number of nitrogens with zero attached hydrogens (tertiary/aromatic N) is 1. The van der Waals surface area contributed by atoms with Gasteiger partial charge < -0.3 is 11.1 Å². The van der Waals surface area contributed by atoms with E-state index < -0.39 is 4.92 Å². The number of anilines is 1. The fourth-order valence-electron chi connectivity index (χ4n) is 1.84. The zero-order valence-electron chi connectivity index (χ0n) is 11.3. The summed E-state index contributed by atoms with van der Waals surface area (Å²) >= 11 is 0. The van der Waals surface area contributed by atoms with E-state index in [4.69, 9.17) is 5.73 Å². The highest BCUT2D eigenvalue weighted by Crippen LogP contribution is 2.11. The molecule has 0 radical (unpaired) electrons. The molecule has 21 heavy (non-hydrogen) atoms. The maximum absolute atomic E-state index is 11.9. The summed E-state index contributed by atoms with van der Waals surface area (Å²) < 4.78 is 0. The number of non-ortho nitro benzene ring substituents is 1. The van der Waals surface area contributed by atoms with Crippen molar-refractivity contribution in [2.75, 3.05) is 12.3 Å². The molecule has 0 saturated heterocycles. The van der Waals surface area contributed by atoms with E-state index in [1.54, 1.807) is 0 Å². The van der Waals surface area contributed by atoms with Gasteiger partial charge in [-0.05, 0) is 36.2 Å². The van der Waals surface area contributed by atoms with Gasteiger partial charge in [0.05, 0.1) is 4.92 Å². The van der Waals surface area contributed by atoms with Gasteiger partial charge in [0.25, 0.3) is 11.6 Å². The summed E-state index contributed by atoms with van der Waals surface area (Å²) in [6.45, 7) is 0.486. The van der Waals surface area contributed by atoms with Crippen molar-refractivity contribution in [3.63, 3.8) is 0 Å². The monoisotopic (exact) mass is 285 g/mol. The Morgan fingerprint density at radius 2 is 1.71 bits per heavy atom. The third-order valence-corrected chi connectivity index (χ3v) is 3.02. The summed E-state index contributed by atoms with van der Waals surface area (Å²) in [6.07, 6.45) is 0.693. The van der Waals surface area contributed by atoms with Gasteiger partial charge in [-0.2, -0.15) is 0 Å². The number of carbonyl (C=O) groups is 1. The molecule has 108 valence electrons. The first kappa shape index (κ1) is 14.5. The number of hydrogen-bond donors (Lipinski definition) is 2. The molecule has 0 bridgehead atoms. The lowest BCUT2D eigenvalue weighted by atomic mass is 10.1. The second-order valence-corrected chi connectivity index (χ2v) is 4.55. The van der Waals surface area contributed by atoms with E-state index in [2.05, 4.69) is 5.32 Å². The minimum atomic E-state index is -0.497. The predicted molar refractivity (Wildman–Crippen MR) is 80.0 cm³/mol. The van der Waals surface area contributed by atoms with Crippen LogP contribution in [-0.2, 0) is 6.42 Å². The predicted octanol–water partition coefficient (Wildman–Crippen LogP) is 2.15. The van der Waals surface area contributed by atoms with Crippen LogP contribution in [0.2, 0.25) is 0 Å². The van der Waals surface area contributed by atoms with Gasteiger partial charge >= 0.3 is 0 Å². The fraction of sp³-hybridized carbons (Fsp3) is 0.133. The first-order chi connectivity index (χ1) is 10.1. The van der Waals surface area contributed by atoms with Crippen LogP contribution >= 0.6 is 0 Å². The van der Waals surface area contributed by atoms with Crippen LogP contribution < -0.4 is 11.1 Å². The van der Waals surface area contributed by atoms with E-state index in [0.717, 1.165) is 5.56 Å². The summed E-state index contributed by atoms with van der Waals surface area (Å²) in [5, 5.41) is 13.3. The van der Waals surface area contributed by atoms with Gasteiger partial charge in [0, 0.05) is 29.9 Å². The number of benzene rings is 2. The van der Waals surface area contributed by atoms with Gasteiger partial charge in [-0.15, -0.1) is 0 Å². The maximum Gasteiger partial charge on any atom is 0.269 e. The molecular formula is C15H15N3O3. The highest BCUT2D eigenvalue weighted by molar-refractivity contribution is 5.94. The van der Waals surface area contributed by atoms with E-state index in [1.165, 1.54) is 24.3 Å².